The highest BCUT2D eigenvalue weighted by molar-refractivity contribution is 6.35. The van der Waals surface area contributed by atoms with Crippen molar-refractivity contribution in [2.45, 2.75) is 0 Å². The molecule has 0 spiro atoms. The van der Waals surface area contributed by atoms with Gasteiger partial charge in [-0.2, -0.15) is 0 Å². The van der Waals surface area contributed by atoms with Gasteiger partial charge in [0.05, 0.1) is 5.69 Å². The second kappa shape index (κ2) is 10.7. The summed E-state index contributed by atoms with van der Waals surface area (Å²) in [5.41, 5.74) is 10.9. The third-order valence-electron chi connectivity index (χ3n) is 6.82. The fraction of sp³-hybridized carbons (Fsp3) is 0. The van der Waals surface area contributed by atoms with E-state index in [1.54, 1.807) is 0 Å². The molecule has 0 N–H and O–H groups in total. The smallest absolute Gasteiger partial charge is 0.114 e. The number of benzene rings is 6. The van der Waals surface area contributed by atoms with Crippen LogP contribution in [-0.4, -0.2) is 7.85 Å². The number of nitrogens with zero attached hydrogens (tertiary/aromatic N) is 1. The van der Waals surface area contributed by atoms with Gasteiger partial charge in [0.1, 0.15) is 7.85 Å². The first kappa shape index (κ1) is 23.6. The first-order valence-electron chi connectivity index (χ1n) is 12.8. The molecule has 6 aromatic carbocycles. The van der Waals surface area contributed by atoms with Gasteiger partial charge in [0.15, 0.2) is 0 Å². The Bertz CT molecular complexity index is 1660. The summed E-state index contributed by atoms with van der Waals surface area (Å²) in [7, 11) is 6.36. The van der Waals surface area contributed by atoms with Gasteiger partial charge in [-0.25, -0.2) is 0 Å². The van der Waals surface area contributed by atoms with Crippen molar-refractivity contribution in [3.8, 4) is 33.4 Å². The molecule has 0 aliphatic rings. The molecule has 6 rings (SSSR count). The van der Waals surface area contributed by atoms with Crippen LogP contribution in [0.1, 0.15) is 0 Å². The van der Waals surface area contributed by atoms with E-state index in [0.717, 1.165) is 33.7 Å². The van der Waals surface area contributed by atoms with Crippen LogP contribution in [0.2, 0.25) is 0 Å². The largest absolute Gasteiger partial charge is 0.310 e. The van der Waals surface area contributed by atoms with E-state index in [-0.39, 0.29) is 0 Å². The molecule has 2 radical (unpaired) electrons. The molecular formula is C36H26BN. The maximum Gasteiger partial charge on any atom is 0.114 e. The van der Waals surface area contributed by atoms with E-state index < -0.39 is 0 Å². The third-order valence-corrected chi connectivity index (χ3v) is 6.82. The zero-order valence-electron chi connectivity index (χ0n) is 21.0. The zero-order chi connectivity index (χ0) is 25.7. The lowest BCUT2D eigenvalue weighted by atomic mass is 9.87. The number of para-hydroxylation sites is 1. The minimum absolute atomic E-state index is 0.771. The van der Waals surface area contributed by atoms with E-state index in [4.69, 9.17) is 7.85 Å². The van der Waals surface area contributed by atoms with Crippen molar-refractivity contribution < 1.29 is 0 Å². The molecule has 178 valence electrons. The fourth-order valence-electron chi connectivity index (χ4n) is 4.97. The van der Waals surface area contributed by atoms with Gasteiger partial charge in [0.2, 0.25) is 0 Å². The molecule has 1 nitrogen and oxygen atoms in total. The van der Waals surface area contributed by atoms with Crippen molar-refractivity contribution in [3.05, 3.63) is 158 Å². The van der Waals surface area contributed by atoms with Gasteiger partial charge in [0, 0.05) is 16.9 Å². The van der Waals surface area contributed by atoms with Crippen molar-refractivity contribution in [3.63, 3.8) is 0 Å². The lowest BCUT2D eigenvalue weighted by molar-refractivity contribution is 1.28. The minimum Gasteiger partial charge on any atom is -0.310 e. The molecule has 0 heterocycles. The molecule has 0 aliphatic carbocycles. The van der Waals surface area contributed by atoms with Crippen LogP contribution in [0.15, 0.2) is 158 Å². The molecule has 0 bridgehead atoms. The van der Waals surface area contributed by atoms with Crippen LogP contribution in [-0.2, 0) is 0 Å². The normalized spacial score (nSPS) is 10.7. The van der Waals surface area contributed by atoms with Crippen LogP contribution in [0.3, 0.4) is 0 Å². The van der Waals surface area contributed by atoms with Crippen molar-refractivity contribution in [2.24, 2.45) is 0 Å². The third kappa shape index (κ3) is 4.77. The van der Waals surface area contributed by atoms with Crippen LogP contribution in [0.4, 0.5) is 17.1 Å². The Morgan fingerprint density at radius 1 is 0.368 bits per heavy atom. The molecular weight excluding hydrogens is 457 g/mol. The number of hydrogen-bond donors (Lipinski definition) is 0. The van der Waals surface area contributed by atoms with Crippen molar-refractivity contribution in [1.82, 2.24) is 0 Å². The number of anilines is 3. The topological polar surface area (TPSA) is 3.24 Å². The van der Waals surface area contributed by atoms with Gasteiger partial charge in [-0.15, -0.1) is 0 Å². The average molecular weight is 483 g/mol. The summed E-state index contributed by atoms with van der Waals surface area (Å²) in [6, 6.07) is 55.1. The van der Waals surface area contributed by atoms with Gasteiger partial charge in [-0.3, -0.25) is 0 Å². The summed E-state index contributed by atoms with van der Waals surface area (Å²) in [4.78, 5) is 2.33. The monoisotopic (exact) mass is 483 g/mol. The molecule has 0 saturated carbocycles. The Kier molecular flexibility index (Phi) is 6.61. The number of hydrogen-bond acceptors (Lipinski definition) is 1. The predicted octanol–water partition coefficient (Wildman–Crippen LogP) is 8.95. The van der Waals surface area contributed by atoms with E-state index in [9.17, 15) is 0 Å². The van der Waals surface area contributed by atoms with Gasteiger partial charge >= 0.3 is 0 Å². The molecule has 0 atom stereocenters. The first-order chi connectivity index (χ1) is 18.8. The Hall–Kier alpha value is -4.82. The zero-order valence-corrected chi connectivity index (χ0v) is 21.0. The number of rotatable bonds is 6. The summed E-state index contributed by atoms with van der Waals surface area (Å²) in [6.45, 7) is 0. The van der Waals surface area contributed by atoms with Gasteiger partial charge in [0.25, 0.3) is 0 Å². The lowest BCUT2D eigenvalue weighted by Gasteiger charge is -2.29. The van der Waals surface area contributed by atoms with Crippen LogP contribution >= 0.6 is 0 Å². The summed E-state index contributed by atoms with van der Waals surface area (Å²) in [5, 5.41) is 0. The van der Waals surface area contributed by atoms with Gasteiger partial charge in [-0.1, -0.05) is 127 Å². The van der Waals surface area contributed by atoms with Crippen molar-refractivity contribution in [1.29, 1.82) is 0 Å². The maximum atomic E-state index is 6.36. The van der Waals surface area contributed by atoms with Gasteiger partial charge in [-0.05, 0) is 64.2 Å². The highest BCUT2D eigenvalue weighted by Crippen LogP contribution is 2.43. The molecule has 0 unspecified atom stereocenters. The second-order valence-electron chi connectivity index (χ2n) is 9.27. The Morgan fingerprint density at radius 3 is 1.66 bits per heavy atom. The Morgan fingerprint density at radius 2 is 0.947 bits per heavy atom. The summed E-state index contributed by atoms with van der Waals surface area (Å²) < 4.78 is 0. The summed E-state index contributed by atoms with van der Waals surface area (Å²) >= 11 is 0. The van der Waals surface area contributed by atoms with Crippen LogP contribution in [0.5, 0.6) is 0 Å². The van der Waals surface area contributed by atoms with Crippen molar-refractivity contribution in [2.75, 3.05) is 4.90 Å². The van der Waals surface area contributed by atoms with Crippen LogP contribution in [0, 0.1) is 0 Å². The minimum atomic E-state index is 0.771. The average Bonchev–Trinajstić information content (AvgIpc) is 2.99. The van der Waals surface area contributed by atoms with Gasteiger partial charge < -0.3 is 4.90 Å². The molecule has 38 heavy (non-hydrogen) atoms. The van der Waals surface area contributed by atoms with Crippen LogP contribution in [0.25, 0.3) is 33.4 Å². The van der Waals surface area contributed by atoms with E-state index in [1.807, 2.05) is 18.2 Å². The SMILES string of the molecule is [B]c1ccccc1-c1cccc(N(c2ccccc2)c2ccc(-c3ccccc3)cc2-c2ccccc2)c1. The highest BCUT2D eigenvalue weighted by atomic mass is 15.1. The van der Waals surface area contributed by atoms with E-state index in [0.29, 0.717) is 0 Å². The van der Waals surface area contributed by atoms with Crippen LogP contribution < -0.4 is 10.4 Å². The predicted molar refractivity (Wildman–Crippen MR) is 163 cm³/mol. The standard InChI is InChI=1S/C36H26BN/c37-35-22-11-10-21-33(35)30-17-12-20-32(25-30)38(31-18-8-3-9-19-31)36-24-23-29(27-13-4-1-5-14-27)26-34(36)28-15-6-2-7-16-28/h1-26H. The molecule has 0 aromatic heterocycles. The summed E-state index contributed by atoms with van der Waals surface area (Å²) in [5.74, 6) is 0. The molecule has 6 aromatic rings. The second-order valence-corrected chi connectivity index (χ2v) is 9.27. The lowest BCUT2D eigenvalue weighted by Crippen LogP contribution is -2.12. The highest BCUT2D eigenvalue weighted by Gasteiger charge is 2.18. The quantitative estimate of drug-likeness (QED) is 0.214. The first-order valence-corrected chi connectivity index (χ1v) is 12.8. The summed E-state index contributed by atoms with van der Waals surface area (Å²) in [6.07, 6.45) is 0. The Balaban J connectivity index is 1.57. The van der Waals surface area contributed by atoms with E-state index in [1.165, 1.54) is 22.3 Å². The molecule has 0 saturated heterocycles. The molecule has 2 heteroatoms. The molecule has 0 amide bonds. The Labute approximate surface area is 226 Å². The molecule has 0 fully saturated rings. The fourth-order valence-corrected chi connectivity index (χ4v) is 4.97. The molecule has 0 aliphatic heterocycles. The van der Waals surface area contributed by atoms with E-state index >= 15 is 0 Å². The maximum absolute atomic E-state index is 6.36. The van der Waals surface area contributed by atoms with Crippen molar-refractivity contribution >= 4 is 30.4 Å². The van der Waals surface area contributed by atoms with E-state index in [2.05, 4.69) is 144 Å².